The summed E-state index contributed by atoms with van der Waals surface area (Å²) in [6.45, 7) is 0. The zero-order valence-electron chi connectivity index (χ0n) is 14.4. The highest BCUT2D eigenvalue weighted by Gasteiger charge is 2.22. The Morgan fingerprint density at radius 1 is 1.19 bits per heavy atom. The fourth-order valence-electron chi connectivity index (χ4n) is 2.48. The fraction of sp³-hybridized carbons (Fsp3) is 0.111. The highest BCUT2D eigenvalue weighted by molar-refractivity contribution is 9.10. The van der Waals surface area contributed by atoms with Crippen molar-refractivity contribution in [3.63, 3.8) is 0 Å². The van der Waals surface area contributed by atoms with Gasteiger partial charge in [-0.25, -0.2) is 12.7 Å². The molecule has 1 amide bonds. The molecule has 1 heterocycles. The van der Waals surface area contributed by atoms with Crippen molar-refractivity contribution in [3.8, 4) is 0 Å². The van der Waals surface area contributed by atoms with E-state index in [2.05, 4.69) is 26.2 Å². The van der Waals surface area contributed by atoms with E-state index in [0.717, 1.165) is 9.69 Å². The van der Waals surface area contributed by atoms with Crippen molar-refractivity contribution < 1.29 is 13.2 Å². The predicted molar refractivity (Wildman–Crippen MR) is 110 cm³/mol. The van der Waals surface area contributed by atoms with E-state index < -0.39 is 15.9 Å². The Hall–Kier alpha value is -2.00. The molecule has 0 unspecified atom stereocenters. The highest BCUT2D eigenvalue weighted by atomic mass is 79.9. The van der Waals surface area contributed by atoms with E-state index in [0.29, 0.717) is 20.7 Å². The molecule has 6 nitrogen and oxygen atoms in total. The molecule has 0 aliphatic heterocycles. The first-order chi connectivity index (χ1) is 12.7. The number of fused-ring (bicyclic) bond motifs is 1. The largest absolute Gasteiger partial charge is 0.320 e. The van der Waals surface area contributed by atoms with Crippen LogP contribution in [0.25, 0.3) is 10.9 Å². The number of hydrogen-bond acceptors (Lipinski definition) is 4. The number of sulfonamides is 1. The van der Waals surface area contributed by atoms with Crippen LogP contribution in [0.2, 0.25) is 5.02 Å². The van der Waals surface area contributed by atoms with Crippen LogP contribution in [0.15, 0.2) is 58.0 Å². The second-order valence-electron chi connectivity index (χ2n) is 5.92. The minimum atomic E-state index is -3.70. The number of anilines is 1. The Bertz CT molecular complexity index is 1150. The first-order valence-corrected chi connectivity index (χ1v) is 10.4. The van der Waals surface area contributed by atoms with Crippen molar-refractivity contribution in [1.82, 2.24) is 9.29 Å². The summed E-state index contributed by atoms with van der Waals surface area (Å²) >= 11 is 9.35. The van der Waals surface area contributed by atoms with Crippen LogP contribution in [-0.4, -0.2) is 37.7 Å². The average Bonchev–Trinajstić information content (AvgIpc) is 2.61. The molecule has 27 heavy (non-hydrogen) atoms. The molecule has 2 aromatic carbocycles. The maximum atomic E-state index is 12.7. The number of nitrogens with one attached hydrogen (secondary N) is 1. The smallest absolute Gasteiger partial charge is 0.255 e. The lowest BCUT2D eigenvalue weighted by molar-refractivity contribution is 0.102. The summed E-state index contributed by atoms with van der Waals surface area (Å²) < 4.78 is 26.3. The lowest BCUT2D eigenvalue weighted by Crippen LogP contribution is -2.23. The van der Waals surface area contributed by atoms with Gasteiger partial charge in [0, 0.05) is 40.7 Å². The molecular weight excluding hydrogens is 454 g/mol. The van der Waals surface area contributed by atoms with Gasteiger partial charge >= 0.3 is 0 Å². The Morgan fingerprint density at radius 3 is 2.63 bits per heavy atom. The van der Waals surface area contributed by atoms with Crippen molar-refractivity contribution in [3.05, 3.63) is 63.7 Å². The maximum Gasteiger partial charge on any atom is 0.255 e. The first kappa shape index (κ1) is 19.8. The lowest BCUT2D eigenvalue weighted by Gasteiger charge is -2.14. The van der Waals surface area contributed by atoms with E-state index >= 15 is 0 Å². The van der Waals surface area contributed by atoms with Crippen molar-refractivity contribution in [1.29, 1.82) is 0 Å². The van der Waals surface area contributed by atoms with Gasteiger partial charge in [-0.05, 0) is 52.3 Å². The fourth-order valence-corrected chi connectivity index (χ4v) is 4.56. The number of hydrogen-bond donors (Lipinski definition) is 1. The second-order valence-corrected chi connectivity index (χ2v) is 9.33. The van der Waals surface area contributed by atoms with Gasteiger partial charge in [-0.2, -0.15) is 0 Å². The molecule has 0 fully saturated rings. The topological polar surface area (TPSA) is 79.4 Å². The number of halogens is 2. The first-order valence-electron chi connectivity index (χ1n) is 7.78. The Morgan fingerprint density at radius 2 is 1.93 bits per heavy atom. The number of amides is 1. The van der Waals surface area contributed by atoms with Gasteiger partial charge < -0.3 is 5.32 Å². The molecule has 0 saturated heterocycles. The van der Waals surface area contributed by atoms with Crippen molar-refractivity contribution in [2.24, 2.45) is 0 Å². The van der Waals surface area contributed by atoms with Gasteiger partial charge in [0.1, 0.15) is 0 Å². The number of rotatable bonds is 4. The SMILES string of the molecule is CN(C)S(=O)(=O)c1cc(C(=O)Nc2cc(Cl)cc3cccnc23)ccc1Br. The molecule has 0 aliphatic rings. The number of aromatic nitrogens is 1. The molecule has 140 valence electrons. The number of benzene rings is 2. The summed E-state index contributed by atoms with van der Waals surface area (Å²) in [5.41, 5.74) is 1.24. The molecule has 0 aliphatic carbocycles. The minimum Gasteiger partial charge on any atom is -0.320 e. The third-order valence-corrected chi connectivity index (χ3v) is 6.90. The Balaban J connectivity index is 2.01. The summed E-state index contributed by atoms with van der Waals surface area (Å²) in [6, 6.07) is 11.4. The minimum absolute atomic E-state index is 0.00854. The molecule has 3 rings (SSSR count). The molecule has 0 atom stereocenters. The van der Waals surface area contributed by atoms with Crippen LogP contribution in [0, 0.1) is 0 Å². The summed E-state index contributed by atoms with van der Waals surface area (Å²) in [6.07, 6.45) is 1.62. The summed E-state index contributed by atoms with van der Waals surface area (Å²) in [5.74, 6) is -0.466. The Labute approximate surface area is 170 Å². The summed E-state index contributed by atoms with van der Waals surface area (Å²) in [5, 5.41) is 4.00. The molecule has 0 spiro atoms. The molecular formula is C18H15BrClN3O3S. The lowest BCUT2D eigenvalue weighted by atomic mass is 10.1. The molecule has 0 saturated carbocycles. The quantitative estimate of drug-likeness (QED) is 0.624. The zero-order valence-corrected chi connectivity index (χ0v) is 17.6. The third kappa shape index (κ3) is 3.98. The van der Waals surface area contributed by atoms with Crippen LogP contribution in [0.5, 0.6) is 0 Å². The van der Waals surface area contributed by atoms with Gasteiger partial charge in [-0.3, -0.25) is 9.78 Å². The number of carbonyl (C=O) groups is 1. The molecule has 0 bridgehead atoms. The molecule has 9 heteroatoms. The summed E-state index contributed by atoms with van der Waals surface area (Å²) in [7, 11) is -0.847. The number of nitrogens with zero attached hydrogens (tertiary/aromatic N) is 2. The van der Waals surface area contributed by atoms with E-state index in [1.54, 1.807) is 24.4 Å². The van der Waals surface area contributed by atoms with E-state index in [-0.39, 0.29) is 10.5 Å². The van der Waals surface area contributed by atoms with Gasteiger partial charge in [-0.15, -0.1) is 0 Å². The number of carbonyl (C=O) groups excluding carboxylic acids is 1. The standard InChI is InChI=1S/C18H15BrClN3O3S/c1-23(2)27(25,26)16-9-12(5-6-14(16)19)18(24)22-15-10-13(20)8-11-4-3-7-21-17(11)15/h3-10H,1-2H3,(H,22,24). The molecule has 0 radical (unpaired) electrons. The average molecular weight is 469 g/mol. The van der Waals surface area contributed by atoms with Crippen LogP contribution in [0.1, 0.15) is 10.4 Å². The van der Waals surface area contributed by atoms with Crippen molar-refractivity contribution in [2.45, 2.75) is 4.90 Å². The van der Waals surface area contributed by atoms with Gasteiger partial charge in [0.2, 0.25) is 10.0 Å². The van der Waals surface area contributed by atoms with Gasteiger partial charge in [0.15, 0.2) is 0 Å². The van der Waals surface area contributed by atoms with Gasteiger partial charge in [0.25, 0.3) is 5.91 Å². The Kier molecular flexibility index (Phi) is 5.53. The highest BCUT2D eigenvalue weighted by Crippen LogP contribution is 2.28. The van der Waals surface area contributed by atoms with Crippen LogP contribution >= 0.6 is 27.5 Å². The maximum absolute atomic E-state index is 12.7. The van der Waals surface area contributed by atoms with E-state index in [4.69, 9.17) is 11.6 Å². The normalized spacial score (nSPS) is 11.7. The van der Waals surface area contributed by atoms with E-state index in [1.807, 2.05) is 6.07 Å². The van der Waals surface area contributed by atoms with Gasteiger partial charge in [0.05, 0.1) is 16.1 Å². The van der Waals surface area contributed by atoms with Crippen LogP contribution in [-0.2, 0) is 10.0 Å². The van der Waals surface area contributed by atoms with Crippen molar-refractivity contribution >= 4 is 60.1 Å². The zero-order chi connectivity index (χ0) is 19.8. The summed E-state index contributed by atoms with van der Waals surface area (Å²) in [4.78, 5) is 17.0. The van der Waals surface area contributed by atoms with Crippen LogP contribution < -0.4 is 5.32 Å². The monoisotopic (exact) mass is 467 g/mol. The van der Waals surface area contributed by atoms with E-state index in [9.17, 15) is 13.2 Å². The predicted octanol–water partition coefficient (Wildman–Crippen LogP) is 4.15. The molecule has 3 aromatic rings. The van der Waals surface area contributed by atoms with Crippen LogP contribution in [0.3, 0.4) is 0 Å². The van der Waals surface area contributed by atoms with Crippen molar-refractivity contribution in [2.75, 3.05) is 19.4 Å². The third-order valence-electron chi connectivity index (χ3n) is 3.87. The molecule has 1 N–H and O–H groups in total. The molecule has 1 aromatic heterocycles. The van der Waals surface area contributed by atoms with Gasteiger partial charge in [-0.1, -0.05) is 17.7 Å². The number of pyridine rings is 1. The van der Waals surface area contributed by atoms with E-state index in [1.165, 1.54) is 32.3 Å². The second kappa shape index (κ2) is 7.55. The van der Waals surface area contributed by atoms with Crippen LogP contribution in [0.4, 0.5) is 5.69 Å².